The molecule has 0 unspecified atom stereocenters. The lowest BCUT2D eigenvalue weighted by Crippen LogP contribution is -2.24. The quantitative estimate of drug-likeness (QED) is 0.749. The van der Waals surface area contributed by atoms with Crippen LogP contribution in [0.2, 0.25) is 0 Å². The number of benzene rings is 3. The first-order chi connectivity index (χ1) is 12.1. The van der Waals surface area contributed by atoms with Gasteiger partial charge in [0, 0.05) is 18.1 Å². The van der Waals surface area contributed by atoms with Gasteiger partial charge in [-0.15, -0.1) is 0 Å². The van der Waals surface area contributed by atoms with E-state index in [1.807, 2.05) is 42.5 Å². The predicted molar refractivity (Wildman–Crippen MR) is 93.2 cm³/mol. The molecule has 1 N–H and O–H groups in total. The normalized spacial score (nSPS) is 10.4. The molecule has 0 bridgehead atoms. The maximum absolute atomic E-state index is 12.0. The van der Waals surface area contributed by atoms with E-state index in [4.69, 9.17) is 4.74 Å². The molecule has 0 aliphatic carbocycles. The molecule has 0 aromatic heterocycles. The highest BCUT2D eigenvalue weighted by molar-refractivity contribution is 5.92. The fourth-order valence-electron chi connectivity index (χ4n) is 2.48. The van der Waals surface area contributed by atoms with Crippen molar-refractivity contribution in [3.05, 3.63) is 72.3 Å². The minimum absolute atomic E-state index is 0.112. The lowest BCUT2D eigenvalue weighted by molar-refractivity contribution is -0.304. The molecule has 3 aromatic carbocycles. The summed E-state index contributed by atoms with van der Waals surface area (Å²) in [4.78, 5) is 22.5. The van der Waals surface area contributed by atoms with Crippen LogP contribution in [0.15, 0.2) is 66.7 Å². The van der Waals surface area contributed by atoms with E-state index in [0.29, 0.717) is 17.0 Å². The topological polar surface area (TPSA) is 78.5 Å². The SMILES string of the molecule is O=C([O-])Cc1ccc(NC(=O)COc2ccc3ccccc3c2)cc1. The van der Waals surface area contributed by atoms with Crippen LogP contribution in [0.1, 0.15) is 5.56 Å². The second-order valence-corrected chi connectivity index (χ2v) is 5.59. The molecular formula is C20H16NO4-. The van der Waals surface area contributed by atoms with Gasteiger partial charge in [-0.3, -0.25) is 4.79 Å². The number of amides is 1. The van der Waals surface area contributed by atoms with Gasteiger partial charge in [0.25, 0.3) is 5.91 Å². The van der Waals surface area contributed by atoms with Gasteiger partial charge >= 0.3 is 0 Å². The summed E-state index contributed by atoms with van der Waals surface area (Å²) in [5.74, 6) is -0.806. The second kappa shape index (κ2) is 7.49. The molecule has 25 heavy (non-hydrogen) atoms. The number of carbonyl (C=O) groups excluding carboxylic acids is 2. The average Bonchev–Trinajstić information content (AvgIpc) is 2.61. The van der Waals surface area contributed by atoms with Gasteiger partial charge in [-0.05, 0) is 40.6 Å². The Morgan fingerprint density at radius 3 is 2.36 bits per heavy atom. The highest BCUT2D eigenvalue weighted by Gasteiger charge is 2.05. The molecule has 3 rings (SSSR count). The Morgan fingerprint density at radius 2 is 1.64 bits per heavy atom. The number of carboxylic acids is 1. The van der Waals surface area contributed by atoms with Gasteiger partial charge in [0.15, 0.2) is 6.61 Å². The minimum atomic E-state index is -1.14. The Kier molecular flexibility index (Phi) is 4.95. The summed E-state index contributed by atoms with van der Waals surface area (Å²) >= 11 is 0. The number of hydrogen-bond acceptors (Lipinski definition) is 4. The Hall–Kier alpha value is -3.34. The zero-order valence-corrected chi connectivity index (χ0v) is 13.4. The van der Waals surface area contributed by atoms with Crippen molar-refractivity contribution in [3.63, 3.8) is 0 Å². The van der Waals surface area contributed by atoms with Crippen molar-refractivity contribution >= 4 is 28.3 Å². The van der Waals surface area contributed by atoms with Crippen molar-refractivity contribution in [1.82, 2.24) is 0 Å². The van der Waals surface area contributed by atoms with Gasteiger partial charge in [0.05, 0.1) is 0 Å². The summed E-state index contributed by atoms with van der Waals surface area (Å²) in [6.07, 6.45) is -0.153. The maximum atomic E-state index is 12.0. The Labute approximate surface area is 144 Å². The Morgan fingerprint density at radius 1 is 0.920 bits per heavy atom. The molecule has 1 amide bonds. The molecule has 0 saturated carbocycles. The molecule has 5 nitrogen and oxygen atoms in total. The zero-order chi connectivity index (χ0) is 17.6. The number of anilines is 1. The van der Waals surface area contributed by atoms with Crippen LogP contribution in [0, 0.1) is 0 Å². The van der Waals surface area contributed by atoms with E-state index in [1.165, 1.54) is 0 Å². The predicted octanol–water partition coefficient (Wildman–Crippen LogP) is 2.15. The fourth-order valence-corrected chi connectivity index (χ4v) is 2.48. The van der Waals surface area contributed by atoms with Crippen LogP contribution >= 0.6 is 0 Å². The lowest BCUT2D eigenvalue weighted by atomic mass is 10.1. The van der Waals surface area contributed by atoms with E-state index in [-0.39, 0.29) is 18.9 Å². The number of nitrogens with one attached hydrogen (secondary N) is 1. The molecule has 0 fully saturated rings. The van der Waals surface area contributed by atoms with Crippen molar-refractivity contribution in [2.45, 2.75) is 6.42 Å². The number of fused-ring (bicyclic) bond motifs is 1. The van der Waals surface area contributed by atoms with Crippen LogP contribution in [-0.2, 0) is 16.0 Å². The van der Waals surface area contributed by atoms with E-state index in [9.17, 15) is 14.7 Å². The van der Waals surface area contributed by atoms with E-state index in [0.717, 1.165) is 10.8 Å². The number of rotatable bonds is 6. The molecule has 0 spiro atoms. The van der Waals surface area contributed by atoms with Crippen molar-refractivity contribution in [1.29, 1.82) is 0 Å². The third-order valence-corrected chi connectivity index (χ3v) is 3.68. The molecule has 126 valence electrons. The van der Waals surface area contributed by atoms with E-state index in [2.05, 4.69) is 5.32 Å². The van der Waals surface area contributed by atoms with Gasteiger partial charge in [-0.1, -0.05) is 42.5 Å². The summed E-state index contributed by atoms with van der Waals surface area (Å²) in [5.41, 5.74) is 1.19. The molecule has 0 heterocycles. The monoisotopic (exact) mass is 334 g/mol. The molecule has 0 radical (unpaired) electrons. The molecule has 0 aliphatic rings. The van der Waals surface area contributed by atoms with Crippen LogP contribution in [0.4, 0.5) is 5.69 Å². The van der Waals surface area contributed by atoms with Crippen molar-refractivity contribution in [3.8, 4) is 5.75 Å². The van der Waals surface area contributed by atoms with Gasteiger partial charge in [-0.25, -0.2) is 0 Å². The highest BCUT2D eigenvalue weighted by atomic mass is 16.5. The largest absolute Gasteiger partial charge is 0.550 e. The van der Waals surface area contributed by atoms with Crippen LogP contribution in [0.3, 0.4) is 0 Å². The molecule has 0 saturated heterocycles. The molecule has 3 aromatic rings. The maximum Gasteiger partial charge on any atom is 0.262 e. The second-order valence-electron chi connectivity index (χ2n) is 5.59. The van der Waals surface area contributed by atoms with Crippen LogP contribution in [0.25, 0.3) is 10.8 Å². The first-order valence-electron chi connectivity index (χ1n) is 7.80. The third kappa shape index (κ3) is 4.57. The van der Waals surface area contributed by atoms with E-state index < -0.39 is 5.97 Å². The van der Waals surface area contributed by atoms with Crippen molar-refractivity contribution in [2.24, 2.45) is 0 Å². The first-order valence-corrected chi connectivity index (χ1v) is 7.80. The van der Waals surface area contributed by atoms with E-state index in [1.54, 1.807) is 24.3 Å². The van der Waals surface area contributed by atoms with Crippen molar-refractivity contribution in [2.75, 3.05) is 11.9 Å². The summed E-state index contributed by atoms with van der Waals surface area (Å²) in [7, 11) is 0. The van der Waals surface area contributed by atoms with Gasteiger partial charge in [0.2, 0.25) is 0 Å². The smallest absolute Gasteiger partial charge is 0.262 e. The standard InChI is InChI=1S/C20H17NO4/c22-19(21-17-8-5-14(6-9-17)11-20(23)24)13-25-18-10-7-15-3-1-2-4-16(15)12-18/h1-10,12H,11,13H2,(H,21,22)(H,23,24)/p-1. The summed E-state index contributed by atoms with van der Waals surface area (Å²) in [5, 5.41) is 15.4. The summed E-state index contributed by atoms with van der Waals surface area (Å²) in [6, 6.07) is 20.1. The van der Waals surface area contributed by atoms with Gasteiger partial charge < -0.3 is 20.0 Å². The number of ether oxygens (including phenoxy) is 1. The molecule has 0 atom stereocenters. The summed E-state index contributed by atoms with van der Waals surface area (Å²) < 4.78 is 5.53. The van der Waals surface area contributed by atoms with Crippen LogP contribution < -0.4 is 15.2 Å². The van der Waals surface area contributed by atoms with E-state index >= 15 is 0 Å². The number of aliphatic carboxylic acids is 1. The lowest BCUT2D eigenvalue weighted by Gasteiger charge is -2.09. The third-order valence-electron chi connectivity index (χ3n) is 3.68. The average molecular weight is 334 g/mol. The van der Waals surface area contributed by atoms with Gasteiger partial charge in [-0.2, -0.15) is 0 Å². The molecule has 0 aliphatic heterocycles. The fraction of sp³-hybridized carbons (Fsp3) is 0.100. The number of carboxylic acid groups (broad SMARTS) is 1. The minimum Gasteiger partial charge on any atom is -0.550 e. The number of carbonyl (C=O) groups is 2. The first kappa shape index (κ1) is 16.5. The molecular weight excluding hydrogens is 318 g/mol. The number of hydrogen-bond donors (Lipinski definition) is 1. The van der Waals surface area contributed by atoms with Crippen molar-refractivity contribution < 1.29 is 19.4 Å². The van der Waals surface area contributed by atoms with Crippen LogP contribution in [0.5, 0.6) is 5.75 Å². The Bertz CT molecular complexity index is 903. The molecule has 5 heteroatoms. The van der Waals surface area contributed by atoms with Crippen LogP contribution in [-0.4, -0.2) is 18.5 Å². The highest BCUT2D eigenvalue weighted by Crippen LogP contribution is 2.20. The van der Waals surface area contributed by atoms with Gasteiger partial charge in [0.1, 0.15) is 5.75 Å². The summed E-state index contributed by atoms with van der Waals surface area (Å²) in [6.45, 7) is -0.112. The zero-order valence-electron chi connectivity index (χ0n) is 13.4. The Balaban J connectivity index is 1.55.